The van der Waals surface area contributed by atoms with Gasteiger partial charge in [-0.05, 0) is 53.9 Å². The summed E-state index contributed by atoms with van der Waals surface area (Å²) in [5.74, 6) is -1.44. The molecule has 3 rings (SSSR count). The average Bonchev–Trinajstić information content (AvgIpc) is 2.94. The fourth-order valence-corrected chi connectivity index (χ4v) is 5.72. The molecule has 0 aliphatic heterocycles. The van der Waals surface area contributed by atoms with Crippen LogP contribution >= 0.6 is 15.9 Å². The Morgan fingerprint density at radius 2 is 1.61 bits per heavy atom. The summed E-state index contributed by atoms with van der Waals surface area (Å²) in [5, 5.41) is 2.95. The van der Waals surface area contributed by atoms with E-state index in [1.54, 1.807) is 0 Å². The minimum Gasteiger partial charge on any atom is -0.354 e. The summed E-state index contributed by atoms with van der Waals surface area (Å²) in [6, 6.07) is 20.7. The first-order valence-electron chi connectivity index (χ1n) is 13.3. The van der Waals surface area contributed by atoms with Crippen LogP contribution in [0, 0.1) is 5.82 Å². The van der Waals surface area contributed by atoms with Crippen LogP contribution in [-0.4, -0.2) is 62.7 Å². The fourth-order valence-electron chi connectivity index (χ4n) is 4.22. The Hall–Kier alpha value is -3.28. The zero-order valence-electron chi connectivity index (χ0n) is 23.5. The molecule has 11 heteroatoms. The molecule has 0 spiro atoms. The van der Waals surface area contributed by atoms with Crippen molar-refractivity contribution in [1.29, 1.82) is 0 Å². The Bertz CT molecular complexity index is 1410. The average molecular weight is 648 g/mol. The van der Waals surface area contributed by atoms with Gasteiger partial charge in [-0.1, -0.05) is 71.7 Å². The maximum absolute atomic E-state index is 14.2. The first-order valence-corrected chi connectivity index (χ1v) is 15.5. The highest BCUT2D eigenvalue weighted by Gasteiger charge is 2.34. The SMILES string of the molecule is CCCCNC(=O)C(Cc1ccccc1)N(Cc1cccc(Br)c1)C(=O)CN(c1ccc(F)cc1)S(=O)(=O)N(C)C. The highest BCUT2D eigenvalue weighted by molar-refractivity contribution is 9.10. The zero-order chi connectivity index (χ0) is 30.0. The Balaban J connectivity index is 2.07. The molecule has 3 aromatic rings. The van der Waals surface area contributed by atoms with Crippen molar-refractivity contribution >= 4 is 43.6 Å². The van der Waals surface area contributed by atoms with Gasteiger partial charge in [-0.2, -0.15) is 12.7 Å². The third kappa shape index (κ3) is 9.11. The molecule has 1 atom stereocenters. The molecular formula is C30H36BrFN4O4S. The lowest BCUT2D eigenvalue weighted by molar-refractivity contribution is -0.140. The molecule has 3 aromatic carbocycles. The summed E-state index contributed by atoms with van der Waals surface area (Å²) in [7, 11) is -1.43. The number of anilines is 1. The number of nitrogens with one attached hydrogen (secondary N) is 1. The van der Waals surface area contributed by atoms with Crippen molar-refractivity contribution < 1.29 is 22.4 Å². The molecule has 8 nitrogen and oxygen atoms in total. The molecule has 220 valence electrons. The Morgan fingerprint density at radius 3 is 2.22 bits per heavy atom. The van der Waals surface area contributed by atoms with Gasteiger partial charge in [0.25, 0.3) is 0 Å². The van der Waals surface area contributed by atoms with Crippen LogP contribution in [-0.2, 0) is 32.8 Å². The van der Waals surface area contributed by atoms with Crippen LogP contribution < -0.4 is 9.62 Å². The number of halogens is 2. The lowest BCUT2D eigenvalue weighted by atomic mass is 10.0. The number of unbranched alkanes of at least 4 members (excludes halogenated alkanes) is 1. The van der Waals surface area contributed by atoms with Gasteiger partial charge in [-0.3, -0.25) is 9.59 Å². The molecule has 2 amide bonds. The van der Waals surface area contributed by atoms with Crippen LogP contribution in [0.4, 0.5) is 10.1 Å². The third-order valence-electron chi connectivity index (χ3n) is 6.48. The molecular weight excluding hydrogens is 611 g/mol. The molecule has 0 saturated heterocycles. The Labute approximate surface area is 250 Å². The molecule has 0 fully saturated rings. The van der Waals surface area contributed by atoms with E-state index in [0.717, 1.165) is 49.2 Å². The largest absolute Gasteiger partial charge is 0.354 e. The van der Waals surface area contributed by atoms with Crippen LogP contribution in [0.5, 0.6) is 0 Å². The molecule has 0 aliphatic rings. The van der Waals surface area contributed by atoms with Crippen molar-refractivity contribution in [2.24, 2.45) is 0 Å². The molecule has 0 aliphatic carbocycles. The molecule has 0 aromatic heterocycles. The summed E-state index contributed by atoms with van der Waals surface area (Å²) < 4.78 is 43.1. The minimum atomic E-state index is -4.15. The third-order valence-corrected chi connectivity index (χ3v) is 8.79. The fraction of sp³-hybridized carbons (Fsp3) is 0.333. The van der Waals surface area contributed by atoms with Crippen LogP contribution in [0.2, 0.25) is 0 Å². The molecule has 0 saturated carbocycles. The standard InChI is InChI=1S/C30H36BrFN4O4S/c1-4-5-18-33-30(38)28(20-23-10-7-6-8-11-23)35(21-24-12-9-13-25(31)19-24)29(37)22-36(41(39,40)34(2)3)27-16-14-26(32)15-17-27/h6-17,19,28H,4-5,18,20-22H2,1-3H3,(H,33,38). The second kappa shape index (κ2) is 15.1. The topological polar surface area (TPSA) is 90.0 Å². The van der Waals surface area contributed by atoms with Crippen molar-refractivity contribution in [2.45, 2.75) is 38.8 Å². The Kier molecular flexibility index (Phi) is 11.9. The van der Waals surface area contributed by atoms with Crippen LogP contribution in [0.15, 0.2) is 83.3 Å². The molecule has 0 bridgehead atoms. The predicted octanol–water partition coefficient (Wildman–Crippen LogP) is 4.76. The van der Waals surface area contributed by atoms with Crippen molar-refractivity contribution in [3.05, 3.63) is 100 Å². The maximum atomic E-state index is 14.2. The van der Waals surface area contributed by atoms with Crippen molar-refractivity contribution in [2.75, 3.05) is 31.5 Å². The van der Waals surface area contributed by atoms with E-state index in [1.807, 2.05) is 61.5 Å². The van der Waals surface area contributed by atoms with Gasteiger partial charge in [0, 0.05) is 38.1 Å². The lowest BCUT2D eigenvalue weighted by Gasteiger charge is -2.34. The van der Waals surface area contributed by atoms with Crippen molar-refractivity contribution in [3.8, 4) is 0 Å². The monoisotopic (exact) mass is 646 g/mol. The highest BCUT2D eigenvalue weighted by Crippen LogP contribution is 2.23. The van der Waals surface area contributed by atoms with E-state index in [2.05, 4.69) is 21.2 Å². The number of amides is 2. The first-order chi connectivity index (χ1) is 19.5. The summed E-state index contributed by atoms with van der Waals surface area (Å²) >= 11 is 3.46. The van der Waals surface area contributed by atoms with E-state index in [1.165, 1.54) is 31.1 Å². The van der Waals surface area contributed by atoms with Gasteiger partial charge in [0.15, 0.2) is 0 Å². The Morgan fingerprint density at radius 1 is 0.951 bits per heavy atom. The summed E-state index contributed by atoms with van der Waals surface area (Å²) in [6.07, 6.45) is 1.90. The zero-order valence-corrected chi connectivity index (χ0v) is 25.9. The summed E-state index contributed by atoms with van der Waals surface area (Å²) in [6.45, 7) is 1.95. The quantitative estimate of drug-likeness (QED) is 0.256. The van der Waals surface area contributed by atoms with E-state index < -0.39 is 34.5 Å². The van der Waals surface area contributed by atoms with Crippen LogP contribution in [0.3, 0.4) is 0 Å². The summed E-state index contributed by atoms with van der Waals surface area (Å²) in [4.78, 5) is 29.2. The van der Waals surface area contributed by atoms with Crippen LogP contribution in [0.25, 0.3) is 0 Å². The second-order valence-corrected chi connectivity index (χ2v) is 12.8. The van der Waals surface area contributed by atoms with Gasteiger partial charge in [0.2, 0.25) is 11.8 Å². The number of carbonyl (C=O) groups excluding carboxylic acids is 2. The number of hydrogen-bond donors (Lipinski definition) is 1. The predicted molar refractivity (Wildman–Crippen MR) is 163 cm³/mol. The van der Waals surface area contributed by atoms with E-state index in [9.17, 15) is 22.4 Å². The van der Waals surface area contributed by atoms with E-state index in [4.69, 9.17) is 0 Å². The van der Waals surface area contributed by atoms with E-state index >= 15 is 0 Å². The molecule has 1 unspecified atom stereocenters. The van der Waals surface area contributed by atoms with Gasteiger partial charge in [0.05, 0.1) is 5.69 Å². The maximum Gasteiger partial charge on any atom is 0.304 e. The lowest BCUT2D eigenvalue weighted by Crippen LogP contribution is -2.54. The van der Waals surface area contributed by atoms with Crippen LogP contribution in [0.1, 0.15) is 30.9 Å². The number of hydrogen-bond acceptors (Lipinski definition) is 4. The van der Waals surface area contributed by atoms with E-state index in [0.29, 0.717) is 6.54 Å². The molecule has 1 N–H and O–H groups in total. The molecule has 0 heterocycles. The number of rotatable bonds is 14. The van der Waals surface area contributed by atoms with Gasteiger partial charge in [-0.25, -0.2) is 8.70 Å². The number of benzene rings is 3. The number of carbonyl (C=O) groups is 2. The molecule has 41 heavy (non-hydrogen) atoms. The van der Waals surface area contributed by atoms with Crippen molar-refractivity contribution in [1.82, 2.24) is 14.5 Å². The van der Waals surface area contributed by atoms with Gasteiger partial charge < -0.3 is 10.2 Å². The smallest absolute Gasteiger partial charge is 0.304 e. The first kappa shape index (κ1) is 32.2. The van der Waals surface area contributed by atoms with Gasteiger partial charge in [-0.15, -0.1) is 0 Å². The van der Waals surface area contributed by atoms with E-state index in [-0.39, 0.29) is 24.6 Å². The summed E-state index contributed by atoms with van der Waals surface area (Å²) in [5.41, 5.74) is 1.74. The minimum absolute atomic E-state index is 0.0657. The molecule has 0 radical (unpaired) electrons. The number of nitrogens with zero attached hydrogens (tertiary/aromatic N) is 3. The normalized spacial score (nSPS) is 12.1. The van der Waals surface area contributed by atoms with Gasteiger partial charge >= 0.3 is 10.2 Å². The highest BCUT2D eigenvalue weighted by atomic mass is 79.9. The van der Waals surface area contributed by atoms with Crippen molar-refractivity contribution in [3.63, 3.8) is 0 Å². The second-order valence-electron chi connectivity index (χ2n) is 9.77. The van der Waals surface area contributed by atoms with Gasteiger partial charge in [0.1, 0.15) is 18.4 Å².